The van der Waals surface area contributed by atoms with Crippen molar-refractivity contribution in [3.05, 3.63) is 83.6 Å². The molecule has 0 atom stereocenters. The van der Waals surface area contributed by atoms with Gasteiger partial charge in [0.2, 0.25) is 17.2 Å². The number of nitrogens with one attached hydrogen (secondary N) is 1. The Morgan fingerprint density at radius 1 is 0.843 bits per heavy atom. The third kappa shape index (κ3) is 11.6. The minimum absolute atomic E-state index is 0. The summed E-state index contributed by atoms with van der Waals surface area (Å²) in [6, 6.07) is 16.2. The first kappa shape index (κ1) is 45.3. The van der Waals surface area contributed by atoms with Gasteiger partial charge in [-0.15, -0.1) is 10.2 Å². The predicted octanol–water partition coefficient (Wildman–Crippen LogP) is -4.98. The number of halogens is 1. The Balaban J connectivity index is 0.00000300. The fourth-order valence-corrected chi connectivity index (χ4v) is 6.46. The Morgan fingerprint density at radius 3 is 2.12 bits per heavy atom. The first-order valence-corrected chi connectivity index (χ1v) is 17.9. The van der Waals surface area contributed by atoms with Gasteiger partial charge in [0.1, 0.15) is 36.7 Å². The van der Waals surface area contributed by atoms with Crippen LogP contribution in [0.25, 0.3) is 10.8 Å². The predicted molar refractivity (Wildman–Crippen MR) is 168 cm³/mol. The van der Waals surface area contributed by atoms with E-state index >= 15 is 0 Å². The summed E-state index contributed by atoms with van der Waals surface area (Å²) in [7, 11) is -15.0. The van der Waals surface area contributed by atoms with Gasteiger partial charge in [-0.25, -0.2) is 16.8 Å². The molecule has 5 rings (SSSR count). The van der Waals surface area contributed by atoms with Gasteiger partial charge in [0.15, 0.2) is 0 Å². The van der Waals surface area contributed by atoms with E-state index in [2.05, 4.69) is 30.5 Å². The minimum Gasteiger partial charge on any atom is -0.871 e. The molecule has 5 aromatic rings. The molecule has 17 nitrogen and oxygen atoms in total. The van der Waals surface area contributed by atoms with Gasteiger partial charge < -0.3 is 19.5 Å². The SMILES string of the molecule is Cc1ccc(N=Nc2c(S(=O)(=O)O)cc3cc(Nc4nc(Cl)nc(N(CS(=O)(=O)[O-])c5ccccc5)n4)ccc3c2[O-])c(S(=O)(=O)[O-])c1.[Na+].[Na+].[Na+]. The summed E-state index contributed by atoms with van der Waals surface area (Å²) in [5.41, 5.74) is -0.522. The smallest absolute Gasteiger partial charge is 0.871 e. The average molecular weight is 802 g/mol. The molecule has 0 amide bonds. The largest absolute Gasteiger partial charge is 1.00 e. The van der Waals surface area contributed by atoms with Crippen LogP contribution in [0, 0.1) is 6.92 Å². The molecule has 1 aromatic heterocycles. The molecule has 0 fully saturated rings. The van der Waals surface area contributed by atoms with Gasteiger partial charge in [-0.3, -0.25) is 9.45 Å². The number of rotatable bonds is 10. The van der Waals surface area contributed by atoms with E-state index in [1.165, 1.54) is 43.3 Å². The Morgan fingerprint density at radius 2 is 1.51 bits per heavy atom. The zero-order chi connectivity index (χ0) is 35.0. The molecule has 1 heterocycles. The molecular weight excluding hydrogens is 783 g/mol. The Hall–Kier alpha value is -1.83. The number of aryl methyl sites for hydroxylation is 1. The minimum atomic E-state index is -5.12. The summed E-state index contributed by atoms with van der Waals surface area (Å²) in [4.78, 5) is 11.3. The van der Waals surface area contributed by atoms with Crippen molar-refractivity contribution in [1.82, 2.24) is 15.0 Å². The van der Waals surface area contributed by atoms with Gasteiger partial charge in [0, 0.05) is 11.4 Å². The fraction of sp³-hybridized carbons (Fsp3) is 0.0741. The van der Waals surface area contributed by atoms with Gasteiger partial charge in [0.05, 0.1) is 10.6 Å². The van der Waals surface area contributed by atoms with E-state index in [1.54, 1.807) is 18.2 Å². The number of azo groups is 1. The van der Waals surface area contributed by atoms with Crippen LogP contribution < -0.4 is 104 Å². The van der Waals surface area contributed by atoms with Gasteiger partial charge in [-0.05, 0) is 77.3 Å². The Kier molecular flexibility index (Phi) is 16.0. The van der Waals surface area contributed by atoms with Crippen molar-refractivity contribution < 1.29 is 133 Å². The molecule has 0 aliphatic heterocycles. The number of aromatic nitrogens is 3. The molecule has 0 aliphatic rings. The van der Waals surface area contributed by atoms with Crippen molar-refractivity contribution in [3.63, 3.8) is 0 Å². The quantitative estimate of drug-likeness (QED) is 0.0761. The van der Waals surface area contributed by atoms with Crippen LogP contribution in [0.2, 0.25) is 5.28 Å². The molecule has 24 heteroatoms. The summed E-state index contributed by atoms with van der Waals surface area (Å²) in [6.45, 7) is 1.52. The van der Waals surface area contributed by atoms with Crippen LogP contribution in [-0.4, -0.2) is 59.7 Å². The summed E-state index contributed by atoms with van der Waals surface area (Å²) < 4.78 is 105. The average Bonchev–Trinajstić information content (AvgIpc) is 2.98. The molecule has 250 valence electrons. The van der Waals surface area contributed by atoms with Crippen LogP contribution in [0.1, 0.15) is 5.56 Å². The normalized spacial score (nSPS) is 11.7. The molecule has 51 heavy (non-hydrogen) atoms. The van der Waals surface area contributed by atoms with Crippen molar-refractivity contribution >= 4 is 87.4 Å². The van der Waals surface area contributed by atoms with Crippen LogP contribution in [0.3, 0.4) is 0 Å². The molecular formula is C27H19ClN7Na3O10S3. The van der Waals surface area contributed by atoms with E-state index in [4.69, 9.17) is 11.6 Å². The molecule has 0 radical (unpaired) electrons. The Labute approximate surface area is 363 Å². The molecule has 0 bridgehead atoms. The number of benzene rings is 4. The van der Waals surface area contributed by atoms with E-state index in [9.17, 15) is 44.0 Å². The second kappa shape index (κ2) is 18.0. The number of hydrogen-bond acceptors (Lipinski definition) is 16. The third-order valence-corrected chi connectivity index (χ3v) is 8.88. The van der Waals surface area contributed by atoms with Gasteiger partial charge >= 0.3 is 88.7 Å². The van der Waals surface area contributed by atoms with Crippen molar-refractivity contribution in [1.29, 1.82) is 0 Å². The Bertz CT molecular complexity index is 2450. The van der Waals surface area contributed by atoms with E-state index < -0.39 is 63.1 Å². The fourth-order valence-electron chi connectivity index (χ4n) is 4.37. The molecule has 0 aliphatic carbocycles. The van der Waals surface area contributed by atoms with Gasteiger partial charge in [-0.2, -0.15) is 23.4 Å². The van der Waals surface area contributed by atoms with Crippen LogP contribution in [-0.2, 0) is 30.4 Å². The van der Waals surface area contributed by atoms with Crippen molar-refractivity contribution in [2.75, 3.05) is 16.1 Å². The van der Waals surface area contributed by atoms with Gasteiger partial charge in [-0.1, -0.05) is 36.1 Å². The third-order valence-electron chi connectivity index (χ3n) is 6.40. The standard InChI is InChI=1S/C27H22ClN7O10S3.3Na/c1-15-7-10-20(21(11-15)47(40,41)42)33-34-23-22(48(43,44)45)13-16-12-17(8-9-19(16)24(23)36)29-26-30-25(28)31-27(32-26)35(14-46(37,38)39)18-5-3-2-4-6-18;;;/h2-13,36H,14H2,1H3,(H,37,38,39)(H,40,41,42)(H,43,44,45)(H,29,30,31,32);;;/q;3*+1/p-3. The van der Waals surface area contributed by atoms with E-state index in [1.807, 2.05) is 0 Å². The summed E-state index contributed by atoms with van der Waals surface area (Å²) in [6.07, 6.45) is 0. The molecule has 4 aromatic carbocycles. The molecule has 0 spiro atoms. The first-order valence-electron chi connectivity index (χ1n) is 13.1. The second-order valence-electron chi connectivity index (χ2n) is 9.89. The topological polar surface area (TPSA) is 270 Å². The molecule has 0 unspecified atom stereocenters. The van der Waals surface area contributed by atoms with Gasteiger partial charge in [0.25, 0.3) is 10.1 Å². The van der Waals surface area contributed by atoms with Crippen LogP contribution >= 0.6 is 11.6 Å². The zero-order valence-corrected chi connectivity index (χ0v) is 36.2. The number of para-hydroxylation sites is 1. The number of fused-ring (bicyclic) bond motifs is 1. The summed E-state index contributed by atoms with van der Waals surface area (Å²) in [5, 5.41) is 22.9. The van der Waals surface area contributed by atoms with Crippen molar-refractivity contribution in [2.45, 2.75) is 16.7 Å². The van der Waals surface area contributed by atoms with Crippen molar-refractivity contribution in [2.24, 2.45) is 10.2 Å². The van der Waals surface area contributed by atoms with E-state index in [-0.39, 0.29) is 128 Å². The second-order valence-corrected chi connectivity index (χ2v) is 14.3. The molecule has 0 saturated carbocycles. The van der Waals surface area contributed by atoms with E-state index in [0.29, 0.717) is 5.56 Å². The maximum Gasteiger partial charge on any atom is 1.00 e. The summed E-state index contributed by atoms with van der Waals surface area (Å²) >= 11 is 6.08. The monoisotopic (exact) mass is 801 g/mol. The first-order chi connectivity index (χ1) is 22.4. The van der Waals surface area contributed by atoms with E-state index in [0.717, 1.165) is 23.1 Å². The van der Waals surface area contributed by atoms with Crippen LogP contribution in [0.5, 0.6) is 5.75 Å². The maximum absolute atomic E-state index is 13.4. The van der Waals surface area contributed by atoms with Crippen molar-refractivity contribution in [3.8, 4) is 5.75 Å². The number of anilines is 4. The van der Waals surface area contributed by atoms with Crippen LogP contribution in [0.4, 0.5) is 34.6 Å². The number of hydrogen-bond donors (Lipinski definition) is 2. The molecule has 2 N–H and O–H groups in total. The summed E-state index contributed by atoms with van der Waals surface area (Å²) in [5.74, 6) is -2.61. The maximum atomic E-state index is 13.4. The van der Waals surface area contributed by atoms with Crippen LogP contribution in [0.15, 0.2) is 92.8 Å². The molecule has 0 saturated heterocycles. The number of nitrogens with zero attached hydrogens (tertiary/aromatic N) is 6. The zero-order valence-electron chi connectivity index (χ0n) is 27.0.